The molecule has 6 nitrogen and oxygen atoms in total. The highest BCUT2D eigenvalue weighted by Gasteiger charge is 2.27. The van der Waals surface area contributed by atoms with Crippen molar-refractivity contribution in [3.8, 4) is 17.0 Å². The summed E-state index contributed by atoms with van der Waals surface area (Å²) in [6, 6.07) is 15.8. The summed E-state index contributed by atoms with van der Waals surface area (Å²) in [4.78, 5) is 16.4. The van der Waals surface area contributed by atoms with Crippen molar-refractivity contribution in [2.24, 2.45) is 0 Å². The van der Waals surface area contributed by atoms with Crippen LogP contribution in [0.5, 0.6) is 5.75 Å². The van der Waals surface area contributed by atoms with Gasteiger partial charge in [-0.3, -0.25) is 4.79 Å². The number of hydrogen-bond donors (Lipinski definition) is 0. The molecule has 4 rings (SSSR count). The van der Waals surface area contributed by atoms with Crippen LogP contribution in [-0.2, 0) is 4.79 Å². The first-order chi connectivity index (χ1) is 15.0. The molecule has 1 aromatic heterocycles. The number of halogens is 2. The van der Waals surface area contributed by atoms with Crippen molar-refractivity contribution in [3.63, 3.8) is 0 Å². The molecule has 0 radical (unpaired) electrons. The monoisotopic (exact) mass is 424 g/mol. The third-order valence-electron chi connectivity index (χ3n) is 5.19. The van der Waals surface area contributed by atoms with Crippen LogP contribution in [0.1, 0.15) is 6.92 Å². The smallest absolute Gasteiger partial charge is 0.263 e. The lowest BCUT2D eigenvalue weighted by atomic mass is 10.1. The van der Waals surface area contributed by atoms with Crippen LogP contribution in [0.25, 0.3) is 11.3 Å². The van der Waals surface area contributed by atoms with Gasteiger partial charge in [0, 0.05) is 31.7 Å². The van der Waals surface area contributed by atoms with E-state index in [1.54, 1.807) is 36.1 Å². The van der Waals surface area contributed by atoms with E-state index >= 15 is 0 Å². The molecule has 1 atom stereocenters. The number of amides is 1. The van der Waals surface area contributed by atoms with Crippen LogP contribution in [0.3, 0.4) is 0 Å². The first-order valence-corrected chi connectivity index (χ1v) is 10.1. The molecule has 1 amide bonds. The fourth-order valence-electron chi connectivity index (χ4n) is 3.46. The van der Waals surface area contributed by atoms with Gasteiger partial charge in [-0.1, -0.05) is 12.1 Å². The summed E-state index contributed by atoms with van der Waals surface area (Å²) >= 11 is 0. The van der Waals surface area contributed by atoms with E-state index in [2.05, 4.69) is 10.2 Å². The lowest BCUT2D eigenvalue weighted by molar-refractivity contribution is -0.138. The number of nitrogens with zero attached hydrogens (tertiary/aromatic N) is 4. The van der Waals surface area contributed by atoms with Crippen molar-refractivity contribution in [2.45, 2.75) is 13.0 Å². The predicted octanol–water partition coefficient (Wildman–Crippen LogP) is 3.54. The number of para-hydroxylation sites is 1. The zero-order valence-electron chi connectivity index (χ0n) is 17.0. The molecular weight excluding hydrogens is 402 g/mol. The maximum Gasteiger partial charge on any atom is 0.263 e. The molecule has 1 aliphatic heterocycles. The number of piperazine rings is 1. The Morgan fingerprint density at radius 1 is 0.935 bits per heavy atom. The maximum atomic E-state index is 13.8. The molecule has 0 aliphatic carbocycles. The van der Waals surface area contributed by atoms with Gasteiger partial charge in [0.05, 0.1) is 5.69 Å². The summed E-state index contributed by atoms with van der Waals surface area (Å²) in [5, 5.41) is 8.53. The third-order valence-corrected chi connectivity index (χ3v) is 5.19. The molecule has 8 heteroatoms. The Labute approximate surface area is 179 Å². The van der Waals surface area contributed by atoms with Gasteiger partial charge in [0.2, 0.25) is 0 Å². The number of anilines is 1. The van der Waals surface area contributed by atoms with Gasteiger partial charge in [0.25, 0.3) is 5.91 Å². The topological polar surface area (TPSA) is 58.6 Å². The van der Waals surface area contributed by atoms with Gasteiger partial charge in [-0.15, -0.1) is 10.2 Å². The number of rotatable bonds is 5. The number of hydrogen-bond acceptors (Lipinski definition) is 5. The van der Waals surface area contributed by atoms with E-state index in [0.717, 1.165) is 5.56 Å². The van der Waals surface area contributed by atoms with E-state index < -0.39 is 11.9 Å². The molecule has 1 fully saturated rings. The van der Waals surface area contributed by atoms with Gasteiger partial charge >= 0.3 is 0 Å². The van der Waals surface area contributed by atoms with Gasteiger partial charge in [0.1, 0.15) is 5.82 Å². The van der Waals surface area contributed by atoms with E-state index in [1.807, 2.05) is 17.0 Å². The average Bonchev–Trinajstić information content (AvgIpc) is 2.81. The van der Waals surface area contributed by atoms with Crippen LogP contribution < -0.4 is 9.64 Å². The Morgan fingerprint density at radius 3 is 2.29 bits per heavy atom. The minimum absolute atomic E-state index is 0.0681. The fraction of sp³-hybridized carbons (Fsp3) is 0.261. The second-order valence-electron chi connectivity index (χ2n) is 7.29. The summed E-state index contributed by atoms with van der Waals surface area (Å²) in [6.45, 7) is 3.84. The molecule has 2 heterocycles. The minimum Gasteiger partial charge on any atom is -0.478 e. The second kappa shape index (κ2) is 9.07. The molecule has 1 saturated heterocycles. The normalized spacial score (nSPS) is 14.9. The molecule has 160 valence electrons. The third kappa shape index (κ3) is 4.79. The highest BCUT2D eigenvalue weighted by atomic mass is 19.1. The van der Waals surface area contributed by atoms with Crippen molar-refractivity contribution in [1.82, 2.24) is 15.1 Å². The fourth-order valence-corrected chi connectivity index (χ4v) is 3.46. The SMILES string of the molecule is CC(Oc1ccccc1F)C(=O)N1CCN(c2ccc(-c3ccc(F)cc3)nn2)CC1. The molecule has 1 unspecified atom stereocenters. The summed E-state index contributed by atoms with van der Waals surface area (Å²) in [5.41, 5.74) is 1.45. The van der Waals surface area contributed by atoms with E-state index in [-0.39, 0.29) is 17.5 Å². The number of aromatic nitrogens is 2. The Kier molecular flexibility index (Phi) is 6.06. The molecule has 1 aliphatic rings. The lowest BCUT2D eigenvalue weighted by Crippen LogP contribution is -2.52. The second-order valence-corrected chi connectivity index (χ2v) is 7.29. The van der Waals surface area contributed by atoms with Crippen molar-refractivity contribution in [1.29, 1.82) is 0 Å². The molecular formula is C23H22F2N4O2. The van der Waals surface area contributed by atoms with E-state index in [0.29, 0.717) is 37.7 Å². The molecule has 2 aromatic carbocycles. The summed E-state index contributed by atoms with van der Waals surface area (Å²) in [5.74, 6) is -0.184. The highest BCUT2D eigenvalue weighted by molar-refractivity contribution is 5.81. The number of carbonyl (C=O) groups is 1. The van der Waals surface area contributed by atoms with Gasteiger partial charge in [-0.25, -0.2) is 8.78 Å². The quantitative estimate of drug-likeness (QED) is 0.627. The molecule has 0 N–H and O–H groups in total. The van der Waals surface area contributed by atoms with E-state index in [1.165, 1.54) is 24.3 Å². The van der Waals surface area contributed by atoms with E-state index in [4.69, 9.17) is 4.74 Å². The zero-order valence-corrected chi connectivity index (χ0v) is 17.0. The lowest BCUT2D eigenvalue weighted by Gasteiger charge is -2.36. The van der Waals surface area contributed by atoms with Crippen molar-refractivity contribution in [3.05, 3.63) is 72.3 Å². The summed E-state index contributed by atoms with van der Waals surface area (Å²) in [6.07, 6.45) is -0.779. The molecule has 3 aromatic rings. The molecule has 0 spiro atoms. The Hall–Kier alpha value is -3.55. The van der Waals surface area contributed by atoms with E-state index in [9.17, 15) is 13.6 Å². The van der Waals surface area contributed by atoms with Crippen LogP contribution in [0.15, 0.2) is 60.7 Å². The van der Waals surface area contributed by atoms with Crippen LogP contribution in [0, 0.1) is 11.6 Å². The Morgan fingerprint density at radius 2 is 1.65 bits per heavy atom. The average molecular weight is 424 g/mol. The zero-order chi connectivity index (χ0) is 21.8. The Balaban J connectivity index is 1.33. The first-order valence-electron chi connectivity index (χ1n) is 10.1. The minimum atomic E-state index is -0.779. The number of benzene rings is 2. The largest absolute Gasteiger partial charge is 0.478 e. The maximum absolute atomic E-state index is 13.8. The first kappa shape index (κ1) is 20.7. The van der Waals surface area contributed by atoms with Gasteiger partial charge < -0.3 is 14.5 Å². The van der Waals surface area contributed by atoms with Crippen molar-refractivity contribution >= 4 is 11.7 Å². The summed E-state index contributed by atoms with van der Waals surface area (Å²) < 4.78 is 32.4. The predicted molar refractivity (Wildman–Crippen MR) is 113 cm³/mol. The van der Waals surface area contributed by atoms with Gasteiger partial charge in [-0.05, 0) is 55.5 Å². The number of ether oxygens (including phenoxy) is 1. The number of carbonyl (C=O) groups excluding carboxylic acids is 1. The Bertz CT molecular complexity index is 1040. The summed E-state index contributed by atoms with van der Waals surface area (Å²) in [7, 11) is 0. The van der Waals surface area contributed by atoms with Crippen LogP contribution in [0.4, 0.5) is 14.6 Å². The molecule has 31 heavy (non-hydrogen) atoms. The van der Waals surface area contributed by atoms with Crippen molar-refractivity contribution in [2.75, 3.05) is 31.1 Å². The van der Waals surface area contributed by atoms with Crippen molar-refractivity contribution < 1.29 is 18.3 Å². The van der Waals surface area contributed by atoms with Crippen LogP contribution in [0.2, 0.25) is 0 Å². The molecule has 0 saturated carbocycles. The van der Waals surface area contributed by atoms with Crippen LogP contribution >= 0.6 is 0 Å². The highest BCUT2D eigenvalue weighted by Crippen LogP contribution is 2.21. The van der Waals surface area contributed by atoms with Crippen LogP contribution in [-0.4, -0.2) is 53.3 Å². The van der Waals surface area contributed by atoms with Gasteiger partial charge in [0.15, 0.2) is 23.5 Å². The molecule has 0 bridgehead atoms. The standard InChI is InChI=1S/C23H22F2N4O2/c1-16(31-21-5-3-2-4-19(21)25)23(30)29-14-12-28(13-15-29)22-11-10-20(26-27-22)17-6-8-18(24)9-7-17/h2-11,16H,12-15H2,1H3. The van der Waals surface area contributed by atoms with Gasteiger partial charge in [-0.2, -0.15) is 0 Å².